The van der Waals surface area contributed by atoms with Gasteiger partial charge >= 0.3 is 6.18 Å². The third-order valence-electron chi connectivity index (χ3n) is 3.38. The first-order chi connectivity index (χ1) is 11.9. The van der Waals surface area contributed by atoms with E-state index in [1.807, 2.05) is 31.2 Å². The van der Waals surface area contributed by atoms with E-state index in [2.05, 4.69) is 20.4 Å². The second-order valence-electron chi connectivity index (χ2n) is 5.36. The van der Waals surface area contributed by atoms with Gasteiger partial charge in [0.2, 0.25) is 0 Å². The molecule has 6 nitrogen and oxygen atoms in total. The Labute approximate surface area is 141 Å². The van der Waals surface area contributed by atoms with Crippen molar-refractivity contribution in [3.8, 4) is 5.75 Å². The second kappa shape index (κ2) is 6.58. The standard InChI is InChI=1S/C16H16F3N5O/c1-3-25-12-6-4-5-11(8-12)9-20-13-7-10(2)21-15-22-14(16(17,18)19)23-24(13)15/h4-8,20H,3,9H2,1-2H3. The number of nitrogens with zero attached hydrogens (tertiary/aromatic N) is 4. The number of anilines is 1. The molecule has 0 spiro atoms. The van der Waals surface area contributed by atoms with Gasteiger partial charge in [0.25, 0.3) is 11.6 Å². The zero-order valence-corrected chi connectivity index (χ0v) is 13.6. The Morgan fingerprint density at radius 2 is 2.00 bits per heavy atom. The van der Waals surface area contributed by atoms with E-state index in [0.29, 0.717) is 24.7 Å². The van der Waals surface area contributed by atoms with Gasteiger partial charge in [-0.25, -0.2) is 4.98 Å². The molecule has 9 heteroatoms. The molecule has 2 aromatic heterocycles. The van der Waals surface area contributed by atoms with Crippen molar-refractivity contribution in [1.29, 1.82) is 0 Å². The lowest BCUT2D eigenvalue weighted by atomic mass is 10.2. The van der Waals surface area contributed by atoms with Gasteiger partial charge in [-0.05, 0) is 31.5 Å². The Balaban J connectivity index is 1.88. The van der Waals surface area contributed by atoms with Crippen LogP contribution in [0.15, 0.2) is 30.3 Å². The molecule has 25 heavy (non-hydrogen) atoms. The van der Waals surface area contributed by atoms with Gasteiger partial charge in [0.1, 0.15) is 11.6 Å². The lowest BCUT2D eigenvalue weighted by molar-refractivity contribution is -0.144. The fourth-order valence-corrected chi connectivity index (χ4v) is 2.34. The first-order valence-corrected chi connectivity index (χ1v) is 7.64. The molecule has 0 aliphatic carbocycles. The highest BCUT2D eigenvalue weighted by molar-refractivity contribution is 5.46. The molecule has 3 rings (SSSR count). The van der Waals surface area contributed by atoms with Crippen molar-refractivity contribution in [2.45, 2.75) is 26.6 Å². The summed E-state index contributed by atoms with van der Waals surface area (Å²) in [6.45, 7) is 4.52. The molecule has 0 amide bonds. The van der Waals surface area contributed by atoms with Gasteiger partial charge in [0, 0.05) is 18.3 Å². The van der Waals surface area contributed by atoms with Gasteiger partial charge in [-0.3, -0.25) is 0 Å². The second-order valence-corrected chi connectivity index (χ2v) is 5.36. The van der Waals surface area contributed by atoms with Crippen molar-refractivity contribution in [1.82, 2.24) is 19.6 Å². The number of hydrogen-bond acceptors (Lipinski definition) is 5. The van der Waals surface area contributed by atoms with Crippen LogP contribution in [0.25, 0.3) is 5.78 Å². The fraction of sp³-hybridized carbons (Fsp3) is 0.312. The fourth-order valence-electron chi connectivity index (χ4n) is 2.34. The van der Waals surface area contributed by atoms with E-state index in [1.165, 1.54) is 0 Å². The van der Waals surface area contributed by atoms with Gasteiger partial charge in [0.15, 0.2) is 0 Å². The summed E-state index contributed by atoms with van der Waals surface area (Å²) in [6.07, 6.45) is -4.62. The molecule has 0 aliphatic rings. The molecule has 3 aromatic rings. The maximum absolute atomic E-state index is 12.8. The number of rotatable bonds is 5. The number of hydrogen-bond donors (Lipinski definition) is 1. The number of fused-ring (bicyclic) bond motifs is 1. The zero-order valence-electron chi connectivity index (χ0n) is 13.6. The van der Waals surface area contributed by atoms with Crippen molar-refractivity contribution in [3.63, 3.8) is 0 Å². The monoisotopic (exact) mass is 351 g/mol. The summed E-state index contributed by atoms with van der Waals surface area (Å²) < 4.78 is 45.0. The molecular weight excluding hydrogens is 335 g/mol. The minimum Gasteiger partial charge on any atom is -0.494 e. The van der Waals surface area contributed by atoms with E-state index in [0.717, 1.165) is 15.8 Å². The zero-order chi connectivity index (χ0) is 18.0. The molecule has 0 saturated heterocycles. The lowest BCUT2D eigenvalue weighted by Gasteiger charge is -2.10. The molecule has 132 valence electrons. The quantitative estimate of drug-likeness (QED) is 0.763. The first kappa shape index (κ1) is 17.0. The summed E-state index contributed by atoms with van der Waals surface area (Å²) in [6, 6.07) is 9.07. The number of aromatic nitrogens is 4. The van der Waals surface area contributed by atoms with Crippen LogP contribution in [0.3, 0.4) is 0 Å². The third-order valence-corrected chi connectivity index (χ3v) is 3.38. The van der Waals surface area contributed by atoms with Crippen molar-refractivity contribution in [2.75, 3.05) is 11.9 Å². The van der Waals surface area contributed by atoms with E-state index < -0.39 is 12.0 Å². The van der Waals surface area contributed by atoms with Crippen LogP contribution in [0, 0.1) is 6.92 Å². The smallest absolute Gasteiger partial charge is 0.453 e. The van der Waals surface area contributed by atoms with Crippen LogP contribution in [-0.4, -0.2) is 26.2 Å². The van der Waals surface area contributed by atoms with Crippen LogP contribution in [0.5, 0.6) is 5.75 Å². The molecule has 0 aliphatic heterocycles. The van der Waals surface area contributed by atoms with Gasteiger partial charge in [0.05, 0.1) is 6.61 Å². The largest absolute Gasteiger partial charge is 0.494 e. The maximum Gasteiger partial charge on any atom is 0.453 e. The van der Waals surface area contributed by atoms with Crippen LogP contribution < -0.4 is 10.1 Å². The summed E-state index contributed by atoms with van der Waals surface area (Å²) in [7, 11) is 0. The molecule has 0 bridgehead atoms. The van der Waals surface area contributed by atoms with Crippen molar-refractivity contribution in [2.24, 2.45) is 0 Å². The van der Waals surface area contributed by atoms with Crippen molar-refractivity contribution >= 4 is 11.6 Å². The molecule has 1 aromatic carbocycles. The molecular formula is C16H16F3N5O. The summed E-state index contributed by atoms with van der Waals surface area (Å²) in [5, 5.41) is 6.59. The molecule has 1 N–H and O–H groups in total. The normalized spacial score (nSPS) is 11.7. The van der Waals surface area contributed by atoms with Gasteiger partial charge in [-0.2, -0.15) is 22.7 Å². The van der Waals surface area contributed by atoms with Crippen molar-refractivity contribution in [3.05, 3.63) is 47.4 Å². The number of aryl methyl sites for hydroxylation is 1. The minimum atomic E-state index is -4.62. The molecule has 0 unspecified atom stereocenters. The van der Waals surface area contributed by atoms with E-state index in [9.17, 15) is 13.2 Å². The van der Waals surface area contributed by atoms with Crippen LogP contribution >= 0.6 is 0 Å². The highest BCUT2D eigenvalue weighted by atomic mass is 19.4. The van der Waals surface area contributed by atoms with E-state index in [-0.39, 0.29) is 5.78 Å². The van der Waals surface area contributed by atoms with Gasteiger partial charge < -0.3 is 10.1 Å². The number of ether oxygens (including phenoxy) is 1. The van der Waals surface area contributed by atoms with E-state index >= 15 is 0 Å². The molecule has 0 fully saturated rings. The molecule has 0 atom stereocenters. The lowest BCUT2D eigenvalue weighted by Crippen LogP contribution is -2.09. The Hall–Kier alpha value is -2.84. The summed E-state index contributed by atoms with van der Waals surface area (Å²) in [5.41, 5.74) is 1.46. The predicted molar refractivity (Wildman–Crippen MR) is 85.5 cm³/mol. The Morgan fingerprint density at radius 1 is 1.20 bits per heavy atom. The summed E-state index contributed by atoms with van der Waals surface area (Å²) >= 11 is 0. The Kier molecular flexibility index (Phi) is 4.47. The Morgan fingerprint density at radius 3 is 2.72 bits per heavy atom. The summed E-state index contributed by atoms with van der Waals surface area (Å²) in [5.74, 6) is -0.199. The molecule has 2 heterocycles. The van der Waals surface area contributed by atoms with E-state index in [4.69, 9.17) is 4.74 Å². The number of halogens is 3. The summed E-state index contributed by atoms with van der Waals surface area (Å²) in [4.78, 5) is 7.45. The van der Waals surface area contributed by atoms with Crippen LogP contribution in [-0.2, 0) is 12.7 Å². The SMILES string of the molecule is CCOc1cccc(CNc2cc(C)nc3nc(C(F)(F)F)nn23)c1. The van der Waals surface area contributed by atoms with Crippen LogP contribution in [0.1, 0.15) is 24.0 Å². The number of nitrogens with one attached hydrogen (secondary N) is 1. The number of benzene rings is 1. The average Bonchev–Trinajstić information content (AvgIpc) is 2.97. The van der Waals surface area contributed by atoms with Crippen LogP contribution in [0.2, 0.25) is 0 Å². The van der Waals surface area contributed by atoms with Gasteiger partial charge in [-0.1, -0.05) is 12.1 Å². The van der Waals surface area contributed by atoms with E-state index in [1.54, 1.807) is 13.0 Å². The Bertz CT molecular complexity index is 891. The number of alkyl halides is 3. The first-order valence-electron chi connectivity index (χ1n) is 7.64. The highest BCUT2D eigenvalue weighted by Gasteiger charge is 2.36. The third kappa shape index (κ3) is 3.81. The van der Waals surface area contributed by atoms with Crippen LogP contribution in [0.4, 0.5) is 19.0 Å². The highest BCUT2D eigenvalue weighted by Crippen LogP contribution is 2.27. The minimum absolute atomic E-state index is 0.0992. The van der Waals surface area contributed by atoms with Gasteiger partial charge in [-0.15, -0.1) is 5.10 Å². The predicted octanol–water partition coefficient (Wildman–Crippen LogP) is 3.46. The molecule has 0 radical (unpaired) electrons. The van der Waals surface area contributed by atoms with Crippen molar-refractivity contribution < 1.29 is 17.9 Å². The molecule has 0 saturated carbocycles. The average molecular weight is 351 g/mol. The topological polar surface area (TPSA) is 64.3 Å². The maximum atomic E-state index is 12.8.